The SMILES string of the molecule is N#Cc1cccnc1N1CCCN(C(=O)NCc2ccccc2Cl)CC1. The number of amides is 2. The first-order valence-electron chi connectivity index (χ1n) is 8.55. The largest absolute Gasteiger partial charge is 0.354 e. The highest BCUT2D eigenvalue weighted by atomic mass is 35.5. The minimum absolute atomic E-state index is 0.103. The molecule has 134 valence electrons. The lowest BCUT2D eigenvalue weighted by atomic mass is 10.2. The van der Waals surface area contributed by atoms with E-state index in [-0.39, 0.29) is 6.03 Å². The third-order valence-corrected chi connectivity index (χ3v) is 4.75. The van der Waals surface area contributed by atoms with Gasteiger partial charge in [0, 0.05) is 43.9 Å². The highest BCUT2D eigenvalue weighted by Gasteiger charge is 2.21. The molecule has 0 bridgehead atoms. The molecule has 1 saturated heterocycles. The number of hydrogen-bond donors (Lipinski definition) is 1. The van der Waals surface area contributed by atoms with Crippen LogP contribution in [0.5, 0.6) is 0 Å². The molecule has 0 spiro atoms. The van der Waals surface area contributed by atoms with Gasteiger partial charge in [-0.1, -0.05) is 29.8 Å². The molecule has 1 N–H and O–H groups in total. The number of halogens is 1. The van der Waals surface area contributed by atoms with Crippen molar-refractivity contribution in [1.82, 2.24) is 15.2 Å². The van der Waals surface area contributed by atoms with Gasteiger partial charge in [0.25, 0.3) is 0 Å². The lowest BCUT2D eigenvalue weighted by molar-refractivity contribution is 0.201. The van der Waals surface area contributed by atoms with Crippen LogP contribution in [0.1, 0.15) is 17.5 Å². The van der Waals surface area contributed by atoms with E-state index in [1.54, 1.807) is 23.2 Å². The van der Waals surface area contributed by atoms with E-state index in [1.807, 2.05) is 24.3 Å². The summed E-state index contributed by atoms with van der Waals surface area (Å²) in [5.74, 6) is 0.688. The van der Waals surface area contributed by atoms with E-state index < -0.39 is 0 Å². The minimum Gasteiger partial charge on any atom is -0.354 e. The van der Waals surface area contributed by atoms with Gasteiger partial charge in [-0.25, -0.2) is 9.78 Å². The zero-order valence-electron chi connectivity index (χ0n) is 14.4. The number of carbonyl (C=O) groups is 1. The molecular formula is C19H20ClN5O. The summed E-state index contributed by atoms with van der Waals surface area (Å²) in [6.45, 7) is 3.05. The molecule has 2 aromatic rings. The summed E-state index contributed by atoms with van der Waals surface area (Å²) in [5, 5.41) is 12.8. The summed E-state index contributed by atoms with van der Waals surface area (Å²) in [6.07, 6.45) is 2.51. The molecule has 0 aliphatic carbocycles. The topological polar surface area (TPSA) is 72.3 Å². The van der Waals surface area contributed by atoms with Gasteiger partial charge in [-0.05, 0) is 30.2 Å². The van der Waals surface area contributed by atoms with Crippen LogP contribution in [0, 0.1) is 11.3 Å². The monoisotopic (exact) mass is 369 g/mol. The first-order chi connectivity index (χ1) is 12.7. The fraction of sp³-hybridized carbons (Fsp3) is 0.316. The smallest absolute Gasteiger partial charge is 0.317 e. The van der Waals surface area contributed by atoms with E-state index in [2.05, 4.69) is 21.3 Å². The van der Waals surface area contributed by atoms with Crippen LogP contribution in [0.4, 0.5) is 10.6 Å². The molecule has 0 unspecified atom stereocenters. The van der Waals surface area contributed by atoms with Crippen molar-refractivity contribution in [3.8, 4) is 6.07 Å². The van der Waals surface area contributed by atoms with Crippen LogP contribution < -0.4 is 10.2 Å². The van der Waals surface area contributed by atoms with Crippen molar-refractivity contribution in [2.45, 2.75) is 13.0 Å². The number of nitrogens with one attached hydrogen (secondary N) is 1. The van der Waals surface area contributed by atoms with Crippen molar-refractivity contribution in [2.24, 2.45) is 0 Å². The first-order valence-corrected chi connectivity index (χ1v) is 8.93. The maximum Gasteiger partial charge on any atom is 0.317 e. The fourth-order valence-electron chi connectivity index (χ4n) is 2.99. The molecule has 7 heteroatoms. The molecule has 0 radical (unpaired) electrons. The second kappa shape index (κ2) is 8.54. The van der Waals surface area contributed by atoms with Crippen molar-refractivity contribution < 1.29 is 4.79 Å². The number of nitriles is 1. The van der Waals surface area contributed by atoms with Crippen LogP contribution >= 0.6 is 11.6 Å². The number of carbonyl (C=O) groups excluding carboxylic acids is 1. The van der Waals surface area contributed by atoms with E-state index in [0.29, 0.717) is 42.6 Å². The Labute approximate surface area is 158 Å². The normalized spacial score (nSPS) is 14.5. The Bertz CT molecular complexity index is 820. The Balaban J connectivity index is 1.59. The van der Waals surface area contributed by atoms with Crippen molar-refractivity contribution in [3.05, 3.63) is 58.7 Å². The lowest BCUT2D eigenvalue weighted by Gasteiger charge is -2.23. The average molecular weight is 370 g/mol. The Morgan fingerprint density at radius 1 is 1.19 bits per heavy atom. The van der Waals surface area contributed by atoms with E-state index in [1.165, 1.54) is 0 Å². The molecule has 3 rings (SSSR count). The Kier molecular flexibility index (Phi) is 5.92. The molecule has 6 nitrogen and oxygen atoms in total. The zero-order chi connectivity index (χ0) is 18.4. The van der Waals surface area contributed by atoms with Crippen LogP contribution in [0.15, 0.2) is 42.6 Å². The zero-order valence-corrected chi connectivity index (χ0v) is 15.1. The summed E-state index contributed by atoms with van der Waals surface area (Å²) in [4.78, 5) is 20.7. The average Bonchev–Trinajstić information content (AvgIpc) is 2.93. The number of rotatable bonds is 3. The van der Waals surface area contributed by atoms with Crippen molar-refractivity contribution in [3.63, 3.8) is 0 Å². The predicted molar refractivity (Wildman–Crippen MR) is 101 cm³/mol. The Hall–Kier alpha value is -2.78. The van der Waals surface area contributed by atoms with E-state index in [4.69, 9.17) is 11.6 Å². The third-order valence-electron chi connectivity index (χ3n) is 4.38. The number of hydrogen-bond acceptors (Lipinski definition) is 4. The highest BCUT2D eigenvalue weighted by molar-refractivity contribution is 6.31. The van der Waals surface area contributed by atoms with Crippen molar-refractivity contribution in [1.29, 1.82) is 5.26 Å². The summed E-state index contributed by atoms with van der Waals surface area (Å²) >= 11 is 6.13. The van der Waals surface area contributed by atoms with Crippen LogP contribution in [-0.2, 0) is 6.54 Å². The van der Waals surface area contributed by atoms with E-state index in [9.17, 15) is 10.1 Å². The summed E-state index contributed by atoms with van der Waals surface area (Å²) in [7, 11) is 0. The van der Waals surface area contributed by atoms with Gasteiger partial charge in [0.15, 0.2) is 0 Å². The maximum atomic E-state index is 12.5. The first kappa shape index (κ1) is 18.0. The van der Waals surface area contributed by atoms with Gasteiger partial charge in [-0.15, -0.1) is 0 Å². The fourth-order valence-corrected chi connectivity index (χ4v) is 3.20. The Morgan fingerprint density at radius 3 is 2.85 bits per heavy atom. The molecule has 1 aliphatic heterocycles. The Morgan fingerprint density at radius 2 is 2.04 bits per heavy atom. The van der Waals surface area contributed by atoms with Gasteiger partial charge in [0.1, 0.15) is 11.9 Å². The van der Waals surface area contributed by atoms with Crippen molar-refractivity contribution >= 4 is 23.4 Å². The molecule has 2 amide bonds. The number of urea groups is 1. The standard InChI is InChI=1S/C19H20ClN5O/c20-17-7-2-1-5-16(17)14-23-19(26)25-10-4-9-24(11-12-25)18-15(13-21)6-3-8-22-18/h1-3,5-8H,4,9-12,14H2,(H,23,26). The minimum atomic E-state index is -0.103. The number of pyridine rings is 1. The van der Waals surface area contributed by atoms with Crippen LogP contribution in [0.2, 0.25) is 5.02 Å². The van der Waals surface area contributed by atoms with Gasteiger partial charge in [0.05, 0.1) is 5.56 Å². The molecule has 1 aromatic heterocycles. The number of aromatic nitrogens is 1. The number of anilines is 1. The quantitative estimate of drug-likeness (QED) is 0.902. The number of nitrogens with zero attached hydrogens (tertiary/aromatic N) is 4. The second-order valence-corrected chi connectivity index (χ2v) is 6.47. The lowest BCUT2D eigenvalue weighted by Crippen LogP contribution is -2.41. The van der Waals surface area contributed by atoms with Gasteiger partial charge >= 0.3 is 6.03 Å². The van der Waals surface area contributed by atoms with Gasteiger partial charge in [0.2, 0.25) is 0 Å². The molecule has 0 saturated carbocycles. The molecule has 1 aromatic carbocycles. The van der Waals surface area contributed by atoms with Gasteiger partial charge in [-0.2, -0.15) is 5.26 Å². The van der Waals surface area contributed by atoms with Crippen LogP contribution in [0.25, 0.3) is 0 Å². The van der Waals surface area contributed by atoms with Gasteiger partial charge in [-0.3, -0.25) is 0 Å². The van der Waals surface area contributed by atoms with E-state index in [0.717, 1.165) is 18.5 Å². The van der Waals surface area contributed by atoms with Gasteiger partial charge < -0.3 is 15.1 Å². The molecule has 2 heterocycles. The summed E-state index contributed by atoms with van der Waals surface area (Å²) in [6, 6.07) is 13.1. The molecular weight excluding hydrogens is 350 g/mol. The van der Waals surface area contributed by atoms with Crippen LogP contribution in [-0.4, -0.2) is 42.1 Å². The maximum absolute atomic E-state index is 12.5. The summed E-state index contributed by atoms with van der Waals surface area (Å²) < 4.78 is 0. The summed E-state index contributed by atoms with van der Waals surface area (Å²) in [5.41, 5.74) is 1.45. The van der Waals surface area contributed by atoms with E-state index >= 15 is 0 Å². The molecule has 26 heavy (non-hydrogen) atoms. The number of benzene rings is 1. The second-order valence-electron chi connectivity index (χ2n) is 6.06. The molecule has 0 atom stereocenters. The third kappa shape index (κ3) is 4.24. The predicted octanol–water partition coefficient (Wildman–Crippen LogP) is 3.03. The van der Waals surface area contributed by atoms with Crippen molar-refractivity contribution in [2.75, 3.05) is 31.1 Å². The highest BCUT2D eigenvalue weighted by Crippen LogP contribution is 2.18. The molecule has 1 aliphatic rings. The van der Waals surface area contributed by atoms with Crippen LogP contribution in [0.3, 0.4) is 0 Å². The molecule has 1 fully saturated rings.